The Balaban J connectivity index is 1.48. The average Bonchev–Trinajstić information content (AvgIpc) is 2.83. The molecule has 1 unspecified atom stereocenters. The lowest BCUT2D eigenvalue weighted by Crippen LogP contribution is -2.63. The van der Waals surface area contributed by atoms with Crippen molar-refractivity contribution in [3.8, 4) is 0 Å². The second kappa shape index (κ2) is 12.2. The minimum atomic E-state index is -0.593. The molecule has 174 valence electrons. The first-order valence-corrected chi connectivity index (χ1v) is 11.0. The summed E-state index contributed by atoms with van der Waals surface area (Å²) in [6, 6.07) is 9.86. The van der Waals surface area contributed by atoms with Gasteiger partial charge in [-0.1, -0.05) is 30.3 Å². The molecule has 0 radical (unpaired) electrons. The van der Waals surface area contributed by atoms with Crippen molar-refractivity contribution in [3.05, 3.63) is 35.9 Å². The van der Waals surface area contributed by atoms with Gasteiger partial charge in [0.2, 0.25) is 0 Å². The summed E-state index contributed by atoms with van der Waals surface area (Å²) in [6.45, 7) is 4.93. The largest absolute Gasteiger partial charge is 0.378 e. The normalized spacial score (nSPS) is 36.4. The van der Waals surface area contributed by atoms with E-state index in [1.807, 2.05) is 30.3 Å². The van der Waals surface area contributed by atoms with Crippen LogP contribution >= 0.6 is 0 Å². The molecule has 1 aromatic rings. The quantitative estimate of drug-likeness (QED) is 0.722. The van der Waals surface area contributed by atoms with E-state index in [9.17, 15) is 0 Å². The van der Waals surface area contributed by atoms with Crippen LogP contribution in [0.25, 0.3) is 0 Å². The van der Waals surface area contributed by atoms with Crippen LogP contribution in [0.15, 0.2) is 30.3 Å². The highest BCUT2D eigenvalue weighted by molar-refractivity contribution is 5.16. The highest BCUT2D eigenvalue weighted by atomic mass is 16.8. The molecule has 9 nitrogen and oxygen atoms in total. The van der Waals surface area contributed by atoms with Crippen molar-refractivity contribution in [1.29, 1.82) is 0 Å². The molecule has 3 aliphatic rings. The van der Waals surface area contributed by atoms with E-state index in [0.717, 1.165) is 18.7 Å². The Hall–Kier alpha value is -1.14. The zero-order valence-corrected chi connectivity index (χ0v) is 18.0. The van der Waals surface area contributed by atoms with Crippen LogP contribution in [0.4, 0.5) is 0 Å². The van der Waals surface area contributed by atoms with Gasteiger partial charge in [0.05, 0.1) is 46.2 Å². The molecule has 0 saturated carbocycles. The summed E-state index contributed by atoms with van der Waals surface area (Å²) in [4.78, 5) is 0. The Morgan fingerprint density at radius 3 is 2.19 bits per heavy atom. The molecule has 3 saturated heterocycles. The third kappa shape index (κ3) is 6.22. The highest BCUT2D eigenvalue weighted by Gasteiger charge is 2.51. The number of benzene rings is 1. The Bertz CT molecular complexity index is 635. The third-order valence-electron chi connectivity index (χ3n) is 5.51. The number of rotatable bonds is 2. The Kier molecular flexibility index (Phi) is 9.06. The van der Waals surface area contributed by atoms with Crippen LogP contribution in [0.1, 0.15) is 11.9 Å². The Morgan fingerprint density at radius 1 is 0.774 bits per heavy atom. The molecule has 9 heteroatoms. The van der Waals surface area contributed by atoms with Crippen molar-refractivity contribution >= 4 is 0 Å². The molecular weight excluding hydrogens is 406 g/mol. The van der Waals surface area contributed by atoms with Gasteiger partial charge in [-0.15, -0.1) is 0 Å². The van der Waals surface area contributed by atoms with E-state index in [1.165, 1.54) is 0 Å². The van der Waals surface area contributed by atoms with Crippen molar-refractivity contribution in [2.24, 2.45) is 0 Å². The summed E-state index contributed by atoms with van der Waals surface area (Å²) in [5.41, 5.74) is 0.952. The maximum atomic E-state index is 6.34. The number of hydrogen-bond acceptors (Lipinski definition) is 9. The maximum Gasteiger partial charge on any atom is 0.186 e. The van der Waals surface area contributed by atoms with Gasteiger partial charge in [0.15, 0.2) is 12.6 Å². The number of methoxy groups -OCH3 is 1. The van der Waals surface area contributed by atoms with Crippen LogP contribution in [-0.4, -0.2) is 97.2 Å². The molecule has 1 aromatic carbocycles. The molecule has 3 fully saturated rings. The van der Waals surface area contributed by atoms with Crippen molar-refractivity contribution in [3.63, 3.8) is 0 Å². The number of fused-ring (bicyclic) bond motifs is 3. The smallest absolute Gasteiger partial charge is 0.186 e. The Morgan fingerprint density at radius 2 is 1.48 bits per heavy atom. The number of ether oxygens (including phenoxy) is 8. The van der Waals surface area contributed by atoms with Crippen molar-refractivity contribution in [2.75, 3.05) is 66.4 Å². The van der Waals surface area contributed by atoms with E-state index < -0.39 is 24.8 Å². The monoisotopic (exact) mass is 439 g/mol. The first kappa shape index (κ1) is 23.0. The lowest BCUT2D eigenvalue weighted by atomic mass is 9.97. The molecule has 0 aliphatic carbocycles. The lowest BCUT2D eigenvalue weighted by Gasteiger charge is -2.48. The summed E-state index contributed by atoms with van der Waals surface area (Å²) < 4.78 is 47.7. The van der Waals surface area contributed by atoms with Crippen LogP contribution in [0.5, 0.6) is 0 Å². The average molecular weight is 440 g/mol. The summed E-state index contributed by atoms with van der Waals surface area (Å²) in [6.07, 6.45) is -2.63. The molecule has 3 heterocycles. The molecule has 0 aromatic heterocycles. The SMILES string of the molecule is CO[C@H]1O[C@@H]2COC(c3ccccc3)O[C@H]2[C@@H]2OCCOCCNCCOCCO[C@@H]12. The summed E-state index contributed by atoms with van der Waals surface area (Å²) in [5.74, 6) is 0. The van der Waals surface area contributed by atoms with Crippen molar-refractivity contribution in [2.45, 2.75) is 37.0 Å². The van der Waals surface area contributed by atoms with Gasteiger partial charge in [0.1, 0.15) is 24.4 Å². The van der Waals surface area contributed by atoms with Crippen LogP contribution in [-0.2, 0) is 37.9 Å². The fourth-order valence-corrected chi connectivity index (χ4v) is 3.99. The molecule has 1 N–H and O–H groups in total. The molecule has 0 amide bonds. The van der Waals surface area contributed by atoms with Gasteiger partial charge in [-0.05, 0) is 0 Å². The molecule has 3 aliphatic heterocycles. The summed E-state index contributed by atoms with van der Waals surface area (Å²) in [7, 11) is 1.60. The van der Waals surface area contributed by atoms with Gasteiger partial charge < -0.3 is 43.2 Å². The summed E-state index contributed by atoms with van der Waals surface area (Å²) >= 11 is 0. The zero-order chi connectivity index (χ0) is 21.3. The fraction of sp³-hybridized carbons (Fsp3) is 0.727. The summed E-state index contributed by atoms with van der Waals surface area (Å²) in [5, 5.41) is 3.27. The zero-order valence-electron chi connectivity index (χ0n) is 18.0. The van der Waals surface area contributed by atoms with E-state index in [4.69, 9.17) is 37.9 Å². The van der Waals surface area contributed by atoms with E-state index >= 15 is 0 Å². The minimum absolute atomic E-state index is 0.321. The predicted octanol–water partition coefficient (Wildman–Crippen LogP) is 0.879. The fourth-order valence-electron chi connectivity index (χ4n) is 3.99. The molecular formula is C22H33NO8. The topological polar surface area (TPSA) is 85.9 Å². The second-order valence-electron chi connectivity index (χ2n) is 7.60. The maximum absolute atomic E-state index is 6.34. The van der Waals surface area contributed by atoms with Crippen molar-refractivity contribution in [1.82, 2.24) is 5.32 Å². The van der Waals surface area contributed by atoms with E-state index in [2.05, 4.69) is 5.32 Å². The molecule has 6 atom stereocenters. The van der Waals surface area contributed by atoms with Crippen LogP contribution in [0.3, 0.4) is 0 Å². The lowest BCUT2D eigenvalue weighted by molar-refractivity contribution is -0.368. The highest BCUT2D eigenvalue weighted by Crippen LogP contribution is 2.36. The van der Waals surface area contributed by atoms with Crippen molar-refractivity contribution < 1.29 is 37.9 Å². The minimum Gasteiger partial charge on any atom is -0.378 e. The van der Waals surface area contributed by atoms with Crippen LogP contribution in [0.2, 0.25) is 0 Å². The van der Waals surface area contributed by atoms with Crippen LogP contribution < -0.4 is 5.32 Å². The second-order valence-corrected chi connectivity index (χ2v) is 7.60. The number of nitrogens with one attached hydrogen (secondary N) is 1. The van der Waals surface area contributed by atoms with E-state index in [-0.39, 0.29) is 12.2 Å². The molecule has 31 heavy (non-hydrogen) atoms. The van der Waals surface area contributed by atoms with Gasteiger partial charge in [0.25, 0.3) is 0 Å². The first-order valence-electron chi connectivity index (χ1n) is 11.0. The van der Waals surface area contributed by atoms with Gasteiger partial charge in [0, 0.05) is 25.8 Å². The molecule has 0 bridgehead atoms. The van der Waals surface area contributed by atoms with Gasteiger partial charge >= 0.3 is 0 Å². The van der Waals surface area contributed by atoms with Gasteiger partial charge in [-0.25, -0.2) is 0 Å². The van der Waals surface area contributed by atoms with Crippen LogP contribution in [0, 0.1) is 0 Å². The predicted molar refractivity (Wildman–Crippen MR) is 110 cm³/mol. The third-order valence-corrected chi connectivity index (χ3v) is 5.51. The van der Waals surface area contributed by atoms with E-state index in [0.29, 0.717) is 46.2 Å². The Labute approximate surface area is 183 Å². The molecule has 4 rings (SSSR count). The van der Waals surface area contributed by atoms with Gasteiger partial charge in [-0.3, -0.25) is 0 Å². The first-order chi connectivity index (χ1) is 15.4. The van der Waals surface area contributed by atoms with Gasteiger partial charge in [-0.2, -0.15) is 0 Å². The number of hydrogen-bond donors (Lipinski definition) is 1. The standard InChI is InChI=1S/C22H33NO8/c1-24-22-20-19(27-13-11-25-9-7-23-8-10-26-12-14-28-20)18-17(30-22)15-29-21(31-18)16-5-3-2-4-6-16/h2-6,17-23H,7-15H2,1H3/t17-,18-,19+,20-,21?,22+/m1/s1. The molecule has 0 spiro atoms. The van der Waals surface area contributed by atoms with E-state index in [1.54, 1.807) is 7.11 Å².